The van der Waals surface area contributed by atoms with E-state index in [1.807, 2.05) is 9.47 Å². The Bertz CT molecular complexity index is 946. The Morgan fingerprint density at radius 2 is 1.79 bits per heavy atom. The van der Waals surface area contributed by atoms with Crippen LogP contribution >= 0.6 is 23.2 Å². The van der Waals surface area contributed by atoms with Crippen molar-refractivity contribution in [3.8, 4) is 0 Å². The van der Waals surface area contributed by atoms with Crippen LogP contribution in [0.25, 0.3) is 11.0 Å². The molecular weight excluding hydrogens is 413 g/mol. The Labute approximate surface area is 179 Å². The van der Waals surface area contributed by atoms with Crippen LogP contribution in [-0.4, -0.2) is 81.4 Å². The summed E-state index contributed by atoms with van der Waals surface area (Å²) in [5, 5.41) is 0.953. The van der Waals surface area contributed by atoms with E-state index in [2.05, 4.69) is 16.5 Å². The summed E-state index contributed by atoms with van der Waals surface area (Å²) < 4.78 is 1.94. The van der Waals surface area contributed by atoms with Crippen molar-refractivity contribution in [2.45, 2.75) is 19.0 Å². The number of likely N-dealkylation sites (tertiary alicyclic amines) is 1. The molecule has 0 N–H and O–H groups in total. The van der Waals surface area contributed by atoms with Crippen LogP contribution in [0, 0.1) is 0 Å². The topological polar surface area (TPSA) is 61.7 Å². The maximum absolute atomic E-state index is 12.7. The first-order chi connectivity index (χ1) is 14.0. The molecule has 2 saturated heterocycles. The van der Waals surface area contributed by atoms with Gasteiger partial charge in [0.05, 0.1) is 27.4 Å². The van der Waals surface area contributed by atoms with E-state index in [0.29, 0.717) is 29.1 Å². The van der Waals surface area contributed by atoms with Gasteiger partial charge in [0, 0.05) is 58.3 Å². The molecule has 9 heteroatoms. The van der Waals surface area contributed by atoms with Gasteiger partial charge in [-0.2, -0.15) is 0 Å². The standard InChI is InChI=1S/C20H23Cl2N5O2/c1-2-19(28)27-11-14(12-27)24-5-7-25(8-6-24)20(29)3-4-26-13-23-17-9-15(21)16(22)10-18(17)26/h2,9-10,13-14H,1,3-8,11-12H2. The number of benzene rings is 1. The third kappa shape index (κ3) is 4.13. The summed E-state index contributed by atoms with van der Waals surface area (Å²) in [7, 11) is 0. The molecule has 1 aromatic heterocycles. The zero-order valence-corrected chi connectivity index (χ0v) is 17.6. The summed E-state index contributed by atoms with van der Waals surface area (Å²) in [5.41, 5.74) is 1.64. The molecule has 1 aromatic carbocycles. The van der Waals surface area contributed by atoms with Gasteiger partial charge in [-0.05, 0) is 18.2 Å². The highest BCUT2D eigenvalue weighted by molar-refractivity contribution is 6.42. The first-order valence-electron chi connectivity index (χ1n) is 9.69. The second kappa shape index (κ2) is 8.34. The number of aryl methyl sites for hydroxylation is 1. The van der Waals surface area contributed by atoms with Crippen LogP contribution in [0.15, 0.2) is 31.1 Å². The zero-order chi connectivity index (χ0) is 20.5. The fourth-order valence-electron chi connectivity index (χ4n) is 3.94. The lowest BCUT2D eigenvalue weighted by Gasteiger charge is -2.47. The molecule has 0 spiro atoms. The van der Waals surface area contributed by atoms with Gasteiger partial charge in [-0.15, -0.1) is 0 Å². The van der Waals surface area contributed by atoms with Crippen LogP contribution < -0.4 is 0 Å². The fraction of sp³-hybridized carbons (Fsp3) is 0.450. The largest absolute Gasteiger partial charge is 0.340 e. The number of carbonyl (C=O) groups is 2. The van der Waals surface area contributed by atoms with Gasteiger partial charge in [0.2, 0.25) is 11.8 Å². The summed E-state index contributed by atoms with van der Waals surface area (Å²) in [5.74, 6) is 0.134. The Hall–Kier alpha value is -2.09. The molecule has 29 heavy (non-hydrogen) atoms. The van der Waals surface area contributed by atoms with Crippen molar-refractivity contribution >= 4 is 46.0 Å². The summed E-state index contributed by atoms with van der Waals surface area (Å²) in [6, 6.07) is 3.92. The molecule has 0 bridgehead atoms. The van der Waals surface area contributed by atoms with Crippen molar-refractivity contribution in [3.63, 3.8) is 0 Å². The maximum atomic E-state index is 12.7. The zero-order valence-electron chi connectivity index (χ0n) is 16.1. The molecular formula is C20H23Cl2N5O2. The molecule has 2 amide bonds. The predicted octanol–water partition coefficient (Wildman–Crippen LogP) is 2.27. The molecule has 2 aliphatic heterocycles. The van der Waals surface area contributed by atoms with Gasteiger partial charge >= 0.3 is 0 Å². The van der Waals surface area contributed by atoms with E-state index in [9.17, 15) is 9.59 Å². The van der Waals surface area contributed by atoms with Crippen LogP contribution in [0.1, 0.15) is 6.42 Å². The summed E-state index contributed by atoms with van der Waals surface area (Å²) in [6.07, 6.45) is 3.49. The monoisotopic (exact) mass is 435 g/mol. The highest BCUT2D eigenvalue weighted by atomic mass is 35.5. The maximum Gasteiger partial charge on any atom is 0.246 e. The normalized spacial score (nSPS) is 18.1. The first kappa shape index (κ1) is 20.2. The van der Waals surface area contributed by atoms with Crippen LogP contribution in [0.4, 0.5) is 0 Å². The van der Waals surface area contributed by atoms with Gasteiger partial charge in [-0.1, -0.05) is 29.8 Å². The molecule has 0 aliphatic carbocycles. The van der Waals surface area contributed by atoms with Gasteiger partial charge < -0.3 is 14.4 Å². The number of imidazole rings is 1. The molecule has 0 saturated carbocycles. The average Bonchev–Trinajstić information content (AvgIpc) is 3.07. The third-order valence-electron chi connectivity index (χ3n) is 5.76. The molecule has 2 aliphatic rings. The van der Waals surface area contributed by atoms with E-state index in [1.54, 1.807) is 23.4 Å². The number of carbonyl (C=O) groups excluding carboxylic acids is 2. The molecule has 3 heterocycles. The molecule has 0 radical (unpaired) electrons. The SMILES string of the molecule is C=CC(=O)N1CC(N2CCN(C(=O)CCn3cnc4cc(Cl)c(Cl)cc43)CC2)C1. The molecule has 0 unspecified atom stereocenters. The Kier molecular flexibility index (Phi) is 5.81. The van der Waals surface area contributed by atoms with E-state index < -0.39 is 0 Å². The van der Waals surface area contributed by atoms with Gasteiger partial charge in [0.1, 0.15) is 0 Å². The fourth-order valence-corrected chi connectivity index (χ4v) is 4.25. The lowest BCUT2D eigenvalue weighted by atomic mass is 10.1. The van der Waals surface area contributed by atoms with Crippen molar-refractivity contribution in [3.05, 3.63) is 41.2 Å². The van der Waals surface area contributed by atoms with Crippen molar-refractivity contribution in [1.82, 2.24) is 24.3 Å². The number of rotatable bonds is 5. The number of nitrogens with zero attached hydrogens (tertiary/aromatic N) is 5. The summed E-state index contributed by atoms with van der Waals surface area (Å²) in [4.78, 5) is 34.6. The molecule has 2 fully saturated rings. The second-order valence-corrected chi connectivity index (χ2v) is 8.28. The van der Waals surface area contributed by atoms with E-state index in [4.69, 9.17) is 23.2 Å². The minimum atomic E-state index is -0.00866. The number of amides is 2. The van der Waals surface area contributed by atoms with Crippen molar-refractivity contribution < 1.29 is 9.59 Å². The van der Waals surface area contributed by atoms with Crippen molar-refractivity contribution in [2.24, 2.45) is 0 Å². The van der Waals surface area contributed by atoms with E-state index in [0.717, 1.165) is 50.3 Å². The number of hydrogen-bond acceptors (Lipinski definition) is 4. The molecule has 7 nitrogen and oxygen atoms in total. The van der Waals surface area contributed by atoms with Crippen LogP contribution in [0.2, 0.25) is 10.0 Å². The van der Waals surface area contributed by atoms with Crippen LogP contribution in [0.5, 0.6) is 0 Å². The Morgan fingerprint density at radius 3 is 2.48 bits per heavy atom. The lowest BCUT2D eigenvalue weighted by Crippen LogP contribution is -2.64. The molecule has 4 rings (SSSR count). The number of halogens is 2. The minimum Gasteiger partial charge on any atom is -0.340 e. The first-order valence-corrected chi connectivity index (χ1v) is 10.4. The Balaban J connectivity index is 1.26. The smallest absolute Gasteiger partial charge is 0.246 e. The van der Waals surface area contributed by atoms with Crippen molar-refractivity contribution in [1.29, 1.82) is 0 Å². The van der Waals surface area contributed by atoms with E-state index in [-0.39, 0.29) is 11.8 Å². The molecule has 0 atom stereocenters. The van der Waals surface area contributed by atoms with Gasteiger partial charge in [0.25, 0.3) is 0 Å². The Morgan fingerprint density at radius 1 is 1.10 bits per heavy atom. The van der Waals surface area contributed by atoms with E-state index in [1.165, 1.54) is 6.08 Å². The van der Waals surface area contributed by atoms with Gasteiger partial charge in [0.15, 0.2) is 0 Å². The lowest BCUT2D eigenvalue weighted by molar-refractivity contribution is -0.136. The van der Waals surface area contributed by atoms with Crippen LogP contribution in [-0.2, 0) is 16.1 Å². The number of fused-ring (bicyclic) bond motifs is 1. The number of hydrogen-bond donors (Lipinski definition) is 0. The molecule has 154 valence electrons. The van der Waals surface area contributed by atoms with Crippen LogP contribution in [0.3, 0.4) is 0 Å². The summed E-state index contributed by atoms with van der Waals surface area (Å²) >= 11 is 12.1. The highest BCUT2D eigenvalue weighted by Gasteiger charge is 2.35. The quantitative estimate of drug-likeness (QED) is 0.675. The summed E-state index contributed by atoms with van der Waals surface area (Å²) in [6.45, 7) is 8.69. The van der Waals surface area contributed by atoms with Gasteiger partial charge in [-0.3, -0.25) is 14.5 Å². The van der Waals surface area contributed by atoms with Crippen molar-refractivity contribution in [2.75, 3.05) is 39.3 Å². The number of piperazine rings is 1. The predicted molar refractivity (Wildman–Crippen MR) is 113 cm³/mol. The average molecular weight is 436 g/mol. The minimum absolute atomic E-state index is 0.00866. The van der Waals surface area contributed by atoms with Gasteiger partial charge in [-0.25, -0.2) is 4.98 Å². The third-order valence-corrected chi connectivity index (χ3v) is 6.48. The molecule has 2 aromatic rings. The number of aromatic nitrogens is 2. The second-order valence-electron chi connectivity index (χ2n) is 7.46. The highest BCUT2D eigenvalue weighted by Crippen LogP contribution is 2.27. The van der Waals surface area contributed by atoms with E-state index >= 15 is 0 Å².